The summed E-state index contributed by atoms with van der Waals surface area (Å²) in [6.07, 6.45) is 0.901. The summed E-state index contributed by atoms with van der Waals surface area (Å²) in [5.74, 6) is 0.832. The maximum absolute atomic E-state index is 12.9. The van der Waals surface area contributed by atoms with Crippen LogP contribution in [-0.2, 0) is 16.0 Å². The molecule has 0 radical (unpaired) electrons. The molecule has 1 aliphatic rings. The second kappa shape index (κ2) is 10.0. The molecule has 1 atom stereocenters. The molecule has 1 unspecified atom stereocenters. The smallest absolute Gasteiger partial charge is 0.229 e. The standard InChI is InChI=1S/C25H27N3O4S/c1-16-26-21(15-33-16)18-5-4-6-20(12-18)27-25(30)19-13-24(29)28(14-19)10-9-17-7-8-22(31-2)23(11-17)32-3/h4-8,11-12,15,19H,9-10,13-14H2,1-3H3,(H,27,30). The number of hydrogen-bond acceptors (Lipinski definition) is 6. The van der Waals surface area contributed by atoms with Crippen LogP contribution in [0.25, 0.3) is 11.3 Å². The zero-order chi connectivity index (χ0) is 23.4. The van der Waals surface area contributed by atoms with E-state index >= 15 is 0 Å². The quantitative estimate of drug-likeness (QED) is 0.540. The van der Waals surface area contributed by atoms with Gasteiger partial charge in [0.25, 0.3) is 0 Å². The van der Waals surface area contributed by atoms with E-state index in [1.165, 1.54) is 0 Å². The van der Waals surface area contributed by atoms with Crippen LogP contribution in [-0.4, -0.2) is 49.0 Å². The Bertz CT molecular complexity index is 1160. The Morgan fingerprint density at radius 3 is 2.73 bits per heavy atom. The maximum atomic E-state index is 12.9. The van der Waals surface area contributed by atoms with Gasteiger partial charge in [0.05, 0.1) is 30.8 Å². The van der Waals surface area contributed by atoms with E-state index in [0.717, 1.165) is 21.8 Å². The number of benzene rings is 2. The van der Waals surface area contributed by atoms with Crippen molar-refractivity contribution in [3.63, 3.8) is 0 Å². The number of likely N-dealkylation sites (tertiary alicyclic amines) is 1. The number of aryl methyl sites for hydroxylation is 1. The number of amides is 2. The van der Waals surface area contributed by atoms with Gasteiger partial charge in [-0.25, -0.2) is 4.98 Å². The van der Waals surface area contributed by atoms with Crippen molar-refractivity contribution in [1.82, 2.24) is 9.88 Å². The molecule has 7 nitrogen and oxygen atoms in total. The summed E-state index contributed by atoms with van der Waals surface area (Å²) in [6.45, 7) is 2.94. The van der Waals surface area contributed by atoms with Crippen LogP contribution in [0, 0.1) is 12.8 Å². The summed E-state index contributed by atoms with van der Waals surface area (Å²) < 4.78 is 10.6. The summed E-state index contributed by atoms with van der Waals surface area (Å²) >= 11 is 1.59. The fourth-order valence-electron chi connectivity index (χ4n) is 3.96. The monoisotopic (exact) mass is 465 g/mol. The number of carbonyl (C=O) groups excluding carboxylic acids is 2. The van der Waals surface area contributed by atoms with E-state index < -0.39 is 0 Å². The molecule has 0 saturated carbocycles. The fraction of sp³-hybridized carbons (Fsp3) is 0.320. The van der Waals surface area contributed by atoms with Crippen molar-refractivity contribution >= 4 is 28.8 Å². The van der Waals surface area contributed by atoms with Gasteiger partial charge in [-0.3, -0.25) is 9.59 Å². The average molecular weight is 466 g/mol. The van der Waals surface area contributed by atoms with Gasteiger partial charge < -0.3 is 19.7 Å². The van der Waals surface area contributed by atoms with E-state index in [1.54, 1.807) is 30.5 Å². The number of nitrogens with one attached hydrogen (secondary N) is 1. The largest absolute Gasteiger partial charge is 0.493 e. The molecule has 2 amide bonds. The first-order valence-corrected chi connectivity index (χ1v) is 11.7. The van der Waals surface area contributed by atoms with Crippen molar-refractivity contribution in [2.75, 3.05) is 32.6 Å². The van der Waals surface area contributed by atoms with Gasteiger partial charge in [-0.2, -0.15) is 0 Å². The lowest BCUT2D eigenvalue weighted by Gasteiger charge is -2.17. The summed E-state index contributed by atoms with van der Waals surface area (Å²) in [6, 6.07) is 13.4. The Morgan fingerprint density at radius 1 is 1.18 bits per heavy atom. The van der Waals surface area contributed by atoms with Gasteiger partial charge >= 0.3 is 0 Å². The Balaban J connectivity index is 1.35. The molecular weight excluding hydrogens is 438 g/mol. The third-order valence-corrected chi connectivity index (χ3v) is 6.52. The average Bonchev–Trinajstić information content (AvgIpc) is 3.43. The summed E-state index contributed by atoms with van der Waals surface area (Å²) in [5.41, 5.74) is 3.60. The highest BCUT2D eigenvalue weighted by molar-refractivity contribution is 7.09. The van der Waals surface area contributed by atoms with Gasteiger partial charge in [0.15, 0.2) is 11.5 Å². The van der Waals surface area contributed by atoms with E-state index in [4.69, 9.17) is 9.47 Å². The first kappa shape index (κ1) is 22.8. The molecule has 8 heteroatoms. The number of aromatic nitrogens is 1. The maximum Gasteiger partial charge on any atom is 0.229 e. The molecule has 172 valence electrons. The normalized spacial score (nSPS) is 15.5. The van der Waals surface area contributed by atoms with Gasteiger partial charge in [-0.1, -0.05) is 18.2 Å². The van der Waals surface area contributed by atoms with Crippen LogP contribution in [0.4, 0.5) is 5.69 Å². The number of nitrogens with zero attached hydrogens (tertiary/aromatic N) is 2. The molecule has 1 saturated heterocycles. The number of anilines is 1. The topological polar surface area (TPSA) is 80.8 Å². The number of thiazole rings is 1. The van der Waals surface area contributed by atoms with Gasteiger partial charge in [-0.15, -0.1) is 11.3 Å². The minimum atomic E-state index is -0.368. The Hall–Kier alpha value is -3.39. The van der Waals surface area contributed by atoms with Crippen LogP contribution >= 0.6 is 11.3 Å². The molecule has 2 aromatic carbocycles. The van der Waals surface area contributed by atoms with Gasteiger partial charge in [0, 0.05) is 36.1 Å². The van der Waals surface area contributed by atoms with Crippen molar-refractivity contribution in [1.29, 1.82) is 0 Å². The lowest BCUT2D eigenvalue weighted by Crippen LogP contribution is -2.30. The third-order valence-electron chi connectivity index (χ3n) is 5.75. The second-order valence-electron chi connectivity index (χ2n) is 8.00. The predicted molar refractivity (Wildman–Crippen MR) is 129 cm³/mol. The minimum Gasteiger partial charge on any atom is -0.493 e. The van der Waals surface area contributed by atoms with Crippen LogP contribution in [0.15, 0.2) is 47.8 Å². The first-order valence-electron chi connectivity index (χ1n) is 10.8. The molecule has 2 heterocycles. The molecule has 1 aromatic heterocycles. The van der Waals surface area contributed by atoms with Crippen molar-refractivity contribution in [2.45, 2.75) is 19.8 Å². The van der Waals surface area contributed by atoms with Crippen molar-refractivity contribution in [3.05, 3.63) is 58.4 Å². The van der Waals surface area contributed by atoms with E-state index in [1.807, 2.05) is 54.8 Å². The van der Waals surface area contributed by atoms with E-state index in [9.17, 15) is 9.59 Å². The molecule has 3 aromatic rings. The van der Waals surface area contributed by atoms with E-state index in [0.29, 0.717) is 36.7 Å². The van der Waals surface area contributed by atoms with Gasteiger partial charge in [0.2, 0.25) is 11.8 Å². The summed E-state index contributed by atoms with van der Waals surface area (Å²) in [7, 11) is 3.20. The second-order valence-corrected chi connectivity index (χ2v) is 9.06. The first-order chi connectivity index (χ1) is 16.0. The molecule has 0 spiro atoms. The number of rotatable bonds is 8. The molecular formula is C25H27N3O4S. The Morgan fingerprint density at radius 2 is 2.00 bits per heavy atom. The minimum absolute atomic E-state index is 0.00215. The lowest BCUT2D eigenvalue weighted by atomic mass is 10.1. The molecule has 4 rings (SSSR count). The molecule has 33 heavy (non-hydrogen) atoms. The molecule has 0 bridgehead atoms. The van der Waals surface area contributed by atoms with Crippen LogP contribution in [0.3, 0.4) is 0 Å². The fourth-order valence-corrected chi connectivity index (χ4v) is 4.58. The van der Waals surface area contributed by atoms with Gasteiger partial charge in [-0.05, 0) is 43.2 Å². The van der Waals surface area contributed by atoms with Crippen molar-refractivity contribution < 1.29 is 19.1 Å². The van der Waals surface area contributed by atoms with Crippen LogP contribution in [0.2, 0.25) is 0 Å². The number of hydrogen-bond donors (Lipinski definition) is 1. The highest BCUT2D eigenvalue weighted by Gasteiger charge is 2.34. The SMILES string of the molecule is COc1ccc(CCN2CC(C(=O)Nc3cccc(-c4csc(C)n4)c3)CC2=O)cc1OC. The molecule has 0 aliphatic carbocycles. The van der Waals surface area contributed by atoms with Crippen LogP contribution in [0.5, 0.6) is 11.5 Å². The Kier molecular flexibility index (Phi) is 6.93. The summed E-state index contributed by atoms with van der Waals surface area (Å²) in [4.78, 5) is 31.6. The molecule has 1 N–H and O–H groups in total. The van der Waals surface area contributed by atoms with Crippen LogP contribution < -0.4 is 14.8 Å². The molecule has 1 aliphatic heterocycles. The van der Waals surface area contributed by atoms with E-state index in [2.05, 4.69) is 10.3 Å². The van der Waals surface area contributed by atoms with E-state index in [-0.39, 0.29) is 24.2 Å². The molecule has 1 fully saturated rings. The summed E-state index contributed by atoms with van der Waals surface area (Å²) in [5, 5.41) is 5.97. The lowest BCUT2D eigenvalue weighted by molar-refractivity contribution is -0.128. The van der Waals surface area contributed by atoms with Gasteiger partial charge in [0.1, 0.15) is 0 Å². The number of ether oxygens (including phenoxy) is 2. The zero-order valence-corrected chi connectivity index (χ0v) is 19.8. The number of carbonyl (C=O) groups is 2. The Labute approximate surface area is 197 Å². The zero-order valence-electron chi connectivity index (χ0n) is 19.0. The highest BCUT2D eigenvalue weighted by Crippen LogP contribution is 2.29. The van der Waals surface area contributed by atoms with Crippen molar-refractivity contribution in [3.8, 4) is 22.8 Å². The van der Waals surface area contributed by atoms with Crippen LogP contribution in [0.1, 0.15) is 17.0 Å². The highest BCUT2D eigenvalue weighted by atomic mass is 32.1. The number of methoxy groups -OCH3 is 2. The third kappa shape index (κ3) is 5.34. The van der Waals surface area contributed by atoms with Crippen molar-refractivity contribution in [2.24, 2.45) is 5.92 Å². The predicted octanol–water partition coefficient (Wildman–Crippen LogP) is 4.17.